The third-order valence-corrected chi connectivity index (χ3v) is 11.0. The predicted octanol–water partition coefficient (Wildman–Crippen LogP) is 13.1. The van der Waals surface area contributed by atoms with Crippen LogP contribution in [0.25, 0.3) is 94.7 Å². The van der Waals surface area contributed by atoms with Crippen molar-refractivity contribution in [2.24, 2.45) is 0 Å². The SMILES string of the molecule is C1=CCC(c2cc(-c3nc(-c4ccccc4)nc(-c4ccccc4)n3)ccc2-n2c3ccccc3c3cc(-c4cccc5oc6ccccc6c45)ccc32)C=C1. The van der Waals surface area contributed by atoms with E-state index in [1.165, 1.54) is 16.3 Å². The molecule has 5 nitrogen and oxygen atoms in total. The summed E-state index contributed by atoms with van der Waals surface area (Å²) in [6.45, 7) is 0. The summed E-state index contributed by atoms with van der Waals surface area (Å²) in [7, 11) is 0. The summed E-state index contributed by atoms with van der Waals surface area (Å²) in [6.07, 6.45) is 9.76. The Morgan fingerprint density at radius 1 is 0.482 bits per heavy atom. The van der Waals surface area contributed by atoms with Crippen LogP contribution in [0, 0.1) is 0 Å². The molecule has 0 N–H and O–H groups in total. The number of aromatic nitrogens is 4. The van der Waals surface area contributed by atoms with Crippen LogP contribution in [0.5, 0.6) is 0 Å². The van der Waals surface area contributed by atoms with Crippen molar-refractivity contribution in [3.8, 4) is 51.0 Å². The van der Waals surface area contributed by atoms with E-state index in [4.69, 9.17) is 19.4 Å². The first-order chi connectivity index (χ1) is 27.8. The molecule has 1 unspecified atom stereocenters. The topological polar surface area (TPSA) is 56.7 Å². The second kappa shape index (κ2) is 13.2. The van der Waals surface area contributed by atoms with Gasteiger partial charge in [0.1, 0.15) is 11.2 Å². The first-order valence-electron chi connectivity index (χ1n) is 19.1. The first kappa shape index (κ1) is 32.1. The fraction of sp³-hybridized carbons (Fsp3) is 0.0392. The van der Waals surface area contributed by atoms with Crippen LogP contribution in [0.4, 0.5) is 0 Å². The molecular formula is C51H34N4O. The number of hydrogen-bond acceptors (Lipinski definition) is 4. The van der Waals surface area contributed by atoms with E-state index in [-0.39, 0.29) is 5.92 Å². The molecule has 10 aromatic rings. The third-order valence-electron chi connectivity index (χ3n) is 11.0. The van der Waals surface area contributed by atoms with Gasteiger partial charge in [0, 0.05) is 44.2 Å². The molecule has 11 rings (SSSR count). The van der Waals surface area contributed by atoms with Crippen molar-refractivity contribution in [1.82, 2.24) is 19.5 Å². The molecule has 0 saturated carbocycles. The van der Waals surface area contributed by atoms with Crippen LogP contribution < -0.4 is 0 Å². The molecule has 56 heavy (non-hydrogen) atoms. The van der Waals surface area contributed by atoms with Crippen molar-refractivity contribution < 1.29 is 4.42 Å². The minimum absolute atomic E-state index is 0.168. The molecule has 264 valence electrons. The van der Waals surface area contributed by atoms with Crippen LogP contribution >= 0.6 is 0 Å². The van der Waals surface area contributed by atoms with Gasteiger partial charge in [-0.15, -0.1) is 0 Å². The van der Waals surface area contributed by atoms with Gasteiger partial charge in [0.15, 0.2) is 17.5 Å². The number of fused-ring (bicyclic) bond motifs is 6. The fourth-order valence-corrected chi connectivity index (χ4v) is 8.36. The number of hydrogen-bond donors (Lipinski definition) is 0. The third kappa shape index (κ3) is 5.36. The van der Waals surface area contributed by atoms with Gasteiger partial charge >= 0.3 is 0 Å². The average Bonchev–Trinajstić information content (AvgIpc) is 3.82. The van der Waals surface area contributed by atoms with Crippen molar-refractivity contribution in [2.75, 3.05) is 0 Å². The van der Waals surface area contributed by atoms with Gasteiger partial charge in [-0.2, -0.15) is 0 Å². The molecule has 0 saturated heterocycles. The van der Waals surface area contributed by atoms with Crippen LogP contribution in [-0.2, 0) is 0 Å². The second-order valence-corrected chi connectivity index (χ2v) is 14.3. The van der Waals surface area contributed by atoms with Gasteiger partial charge < -0.3 is 8.98 Å². The molecule has 1 aliphatic rings. The van der Waals surface area contributed by atoms with Crippen LogP contribution in [0.3, 0.4) is 0 Å². The van der Waals surface area contributed by atoms with Gasteiger partial charge in [-0.3, -0.25) is 0 Å². The summed E-state index contributed by atoms with van der Waals surface area (Å²) < 4.78 is 8.71. The van der Waals surface area contributed by atoms with Gasteiger partial charge in [-0.05, 0) is 71.6 Å². The van der Waals surface area contributed by atoms with Crippen LogP contribution in [0.2, 0.25) is 0 Å². The second-order valence-electron chi connectivity index (χ2n) is 14.3. The zero-order chi connectivity index (χ0) is 37.0. The van der Waals surface area contributed by atoms with Gasteiger partial charge in [0.2, 0.25) is 0 Å². The Kier molecular flexibility index (Phi) is 7.56. The standard InChI is InChI=1S/C51H34N4O/c1-4-15-33(16-5-1)41-32-37(51-53-49(34-17-6-2-7-18-34)52-50(54-51)35-19-8-3-9-20-35)28-30-44(41)55-43-24-12-10-21-39(43)42-31-36(27-29-45(42)55)38-23-14-26-47-48(38)40-22-11-13-25-46(40)56-47/h1-15,17-33H,16H2. The molecule has 0 amide bonds. The van der Waals surface area contributed by atoms with Crippen molar-refractivity contribution in [3.05, 3.63) is 194 Å². The molecule has 1 atom stereocenters. The zero-order valence-electron chi connectivity index (χ0n) is 30.4. The maximum absolute atomic E-state index is 6.28. The summed E-state index contributed by atoms with van der Waals surface area (Å²) >= 11 is 0. The van der Waals surface area contributed by atoms with Gasteiger partial charge in [-0.25, -0.2) is 15.0 Å². The Morgan fingerprint density at radius 3 is 1.88 bits per heavy atom. The van der Waals surface area contributed by atoms with Crippen molar-refractivity contribution >= 4 is 43.7 Å². The molecule has 0 aliphatic heterocycles. The molecule has 0 spiro atoms. The minimum Gasteiger partial charge on any atom is -0.456 e. The van der Waals surface area contributed by atoms with E-state index in [0.717, 1.165) is 72.9 Å². The highest BCUT2D eigenvalue weighted by molar-refractivity contribution is 6.15. The highest BCUT2D eigenvalue weighted by Crippen LogP contribution is 2.42. The lowest BCUT2D eigenvalue weighted by atomic mass is 9.89. The number of para-hydroxylation sites is 2. The Bertz CT molecular complexity index is 3110. The van der Waals surface area contributed by atoms with Crippen LogP contribution in [-0.4, -0.2) is 19.5 Å². The lowest BCUT2D eigenvalue weighted by Crippen LogP contribution is -2.06. The number of nitrogens with zero attached hydrogens (tertiary/aromatic N) is 4. The number of benzene rings is 7. The number of furan rings is 1. The molecule has 7 aromatic carbocycles. The summed E-state index contributed by atoms with van der Waals surface area (Å²) in [6, 6.07) is 57.3. The van der Waals surface area contributed by atoms with Crippen molar-refractivity contribution in [2.45, 2.75) is 12.3 Å². The number of allylic oxidation sites excluding steroid dienone is 4. The van der Waals surface area contributed by atoms with Crippen LogP contribution in [0.15, 0.2) is 193 Å². The Labute approximate surface area is 323 Å². The molecular weight excluding hydrogens is 685 g/mol. The Morgan fingerprint density at radius 2 is 1.12 bits per heavy atom. The van der Waals surface area contributed by atoms with Crippen LogP contribution in [0.1, 0.15) is 17.9 Å². The molecule has 0 fully saturated rings. The van der Waals surface area contributed by atoms with E-state index >= 15 is 0 Å². The average molecular weight is 719 g/mol. The highest BCUT2D eigenvalue weighted by atomic mass is 16.3. The first-order valence-corrected chi connectivity index (χ1v) is 19.1. The fourth-order valence-electron chi connectivity index (χ4n) is 8.36. The van der Waals surface area contributed by atoms with E-state index in [2.05, 4.69) is 120 Å². The van der Waals surface area contributed by atoms with Crippen molar-refractivity contribution in [3.63, 3.8) is 0 Å². The zero-order valence-corrected chi connectivity index (χ0v) is 30.4. The smallest absolute Gasteiger partial charge is 0.164 e. The van der Waals surface area contributed by atoms with E-state index in [9.17, 15) is 0 Å². The summed E-state index contributed by atoms with van der Waals surface area (Å²) in [4.78, 5) is 15.1. The van der Waals surface area contributed by atoms with Crippen molar-refractivity contribution in [1.29, 1.82) is 0 Å². The normalized spacial score (nSPS) is 14.0. The number of rotatable bonds is 6. The molecule has 3 aromatic heterocycles. The Hall–Kier alpha value is -7.37. The summed E-state index contributed by atoms with van der Waals surface area (Å²) in [5.74, 6) is 2.12. The predicted molar refractivity (Wildman–Crippen MR) is 229 cm³/mol. The molecule has 1 aliphatic carbocycles. The lowest BCUT2D eigenvalue weighted by molar-refractivity contribution is 0.669. The van der Waals surface area contributed by atoms with E-state index < -0.39 is 0 Å². The minimum atomic E-state index is 0.168. The largest absolute Gasteiger partial charge is 0.456 e. The summed E-state index contributed by atoms with van der Waals surface area (Å²) in [5.41, 5.74) is 11.6. The monoisotopic (exact) mass is 718 g/mol. The van der Waals surface area contributed by atoms with Gasteiger partial charge in [0.25, 0.3) is 0 Å². The maximum atomic E-state index is 6.28. The van der Waals surface area contributed by atoms with E-state index in [1.54, 1.807) is 0 Å². The quantitative estimate of drug-likeness (QED) is 0.172. The maximum Gasteiger partial charge on any atom is 0.164 e. The van der Waals surface area contributed by atoms with E-state index in [1.807, 2.05) is 72.8 Å². The molecule has 0 bridgehead atoms. The Balaban J connectivity index is 1.11. The van der Waals surface area contributed by atoms with Gasteiger partial charge in [0.05, 0.1) is 16.7 Å². The van der Waals surface area contributed by atoms with E-state index in [0.29, 0.717) is 17.5 Å². The highest BCUT2D eigenvalue weighted by Gasteiger charge is 2.22. The summed E-state index contributed by atoms with van der Waals surface area (Å²) in [5, 5.41) is 4.69. The molecule has 0 radical (unpaired) electrons. The van der Waals surface area contributed by atoms with Gasteiger partial charge in [-0.1, -0.05) is 140 Å². The molecule has 3 heterocycles. The lowest BCUT2D eigenvalue weighted by Gasteiger charge is -2.21. The molecule has 5 heteroatoms.